The van der Waals surface area contributed by atoms with Crippen molar-refractivity contribution in [3.63, 3.8) is 0 Å². The average molecular weight is 348 g/mol. The monoisotopic (exact) mass is 348 g/mol. The smallest absolute Gasteiger partial charge is 0.242 e. The highest BCUT2D eigenvalue weighted by atomic mass is 16.2. The Kier molecular flexibility index (Phi) is 4.61. The van der Waals surface area contributed by atoms with Crippen molar-refractivity contribution < 1.29 is 4.79 Å². The molecule has 0 aliphatic carbocycles. The number of fused-ring (bicyclic) bond motifs is 1. The Hall–Kier alpha value is -2.82. The number of rotatable bonds is 5. The van der Waals surface area contributed by atoms with E-state index in [9.17, 15) is 4.79 Å². The van der Waals surface area contributed by atoms with Gasteiger partial charge in [0, 0.05) is 18.8 Å². The van der Waals surface area contributed by atoms with Crippen LogP contribution >= 0.6 is 0 Å². The van der Waals surface area contributed by atoms with Gasteiger partial charge in [-0.2, -0.15) is 0 Å². The Labute approximate surface area is 153 Å². The number of hydrogen-bond donors (Lipinski definition) is 1. The molecule has 0 saturated carbocycles. The van der Waals surface area contributed by atoms with E-state index in [1.165, 1.54) is 0 Å². The molecule has 134 valence electrons. The molecule has 2 aromatic carbocycles. The average Bonchev–Trinajstić information content (AvgIpc) is 3.33. The van der Waals surface area contributed by atoms with Gasteiger partial charge >= 0.3 is 0 Å². The Morgan fingerprint density at radius 3 is 2.73 bits per heavy atom. The number of nitrogens with zero attached hydrogens (tertiary/aromatic N) is 3. The van der Waals surface area contributed by atoms with Crippen LogP contribution in [0.5, 0.6) is 0 Å². The second-order valence-electron chi connectivity index (χ2n) is 6.73. The van der Waals surface area contributed by atoms with Gasteiger partial charge in [-0.25, -0.2) is 4.98 Å². The summed E-state index contributed by atoms with van der Waals surface area (Å²) in [5.74, 6) is 1.07. The molecule has 1 aromatic heterocycles. The normalized spacial score (nSPS) is 17.0. The molecule has 0 radical (unpaired) electrons. The summed E-state index contributed by atoms with van der Waals surface area (Å²) in [5.41, 5.74) is 3.07. The lowest BCUT2D eigenvalue weighted by atomic mass is 10.2. The largest absolute Gasteiger partial charge is 0.362 e. The van der Waals surface area contributed by atoms with Gasteiger partial charge in [0.25, 0.3) is 0 Å². The minimum atomic E-state index is 0.0457. The van der Waals surface area contributed by atoms with Crippen LogP contribution in [0.1, 0.15) is 31.6 Å². The summed E-state index contributed by atoms with van der Waals surface area (Å²) < 4.78 is 0. The summed E-state index contributed by atoms with van der Waals surface area (Å²) in [6.07, 6.45) is 1.98. The van der Waals surface area contributed by atoms with Crippen molar-refractivity contribution in [1.29, 1.82) is 0 Å². The number of carbonyl (C=O) groups is 1. The van der Waals surface area contributed by atoms with Crippen LogP contribution in [-0.4, -0.2) is 40.4 Å². The highest BCUT2D eigenvalue weighted by Gasteiger charge is 2.32. The number of para-hydroxylation sites is 3. The molecular formula is C21H24N4O. The highest BCUT2D eigenvalue weighted by molar-refractivity contribution is 5.82. The number of likely N-dealkylation sites (N-methyl/N-ethyl adjacent to an activating group) is 1. The Morgan fingerprint density at radius 2 is 1.96 bits per heavy atom. The number of amides is 1. The molecule has 2 heterocycles. The molecule has 3 aromatic rings. The maximum atomic E-state index is 13.0. The fourth-order valence-electron chi connectivity index (χ4n) is 3.76. The number of likely N-dealkylation sites (tertiary alicyclic amines) is 1. The van der Waals surface area contributed by atoms with Crippen molar-refractivity contribution >= 4 is 22.6 Å². The van der Waals surface area contributed by atoms with E-state index in [-0.39, 0.29) is 11.9 Å². The van der Waals surface area contributed by atoms with Gasteiger partial charge in [0.05, 0.1) is 23.6 Å². The quantitative estimate of drug-likeness (QED) is 0.764. The number of carbonyl (C=O) groups excluding carboxylic acids is 1. The molecule has 1 amide bonds. The van der Waals surface area contributed by atoms with E-state index in [0.717, 1.165) is 48.5 Å². The van der Waals surface area contributed by atoms with Crippen molar-refractivity contribution in [2.24, 2.45) is 0 Å². The minimum absolute atomic E-state index is 0.0457. The maximum Gasteiger partial charge on any atom is 0.242 e. The molecule has 1 N–H and O–H groups in total. The van der Waals surface area contributed by atoms with Crippen LogP contribution in [0.3, 0.4) is 0 Å². The van der Waals surface area contributed by atoms with Gasteiger partial charge in [0.2, 0.25) is 5.91 Å². The van der Waals surface area contributed by atoms with Gasteiger partial charge in [-0.1, -0.05) is 30.3 Å². The van der Waals surface area contributed by atoms with Crippen LogP contribution in [-0.2, 0) is 4.79 Å². The number of aromatic amines is 1. The van der Waals surface area contributed by atoms with Crippen LogP contribution in [0, 0.1) is 0 Å². The lowest BCUT2D eigenvalue weighted by Crippen LogP contribution is -2.40. The summed E-state index contributed by atoms with van der Waals surface area (Å²) in [7, 11) is 0. The van der Waals surface area contributed by atoms with E-state index >= 15 is 0 Å². The number of aromatic nitrogens is 2. The van der Waals surface area contributed by atoms with Crippen molar-refractivity contribution in [3.05, 3.63) is 60.4 Å². The van der Waals surface area contributed by atoms with Crippen molar-refractivity contribution in [3.8, 4) is 0 Å². The molecule has 1 aliphatic rings. The number of H-pyrrole nitrogens is 1. The van der Waals surface area contributed by atoms with Crippen LogP contribution in [0.15, 0.2) is 54.6 Å². The zero-order valence-corrected chi connectivity index (χ0v) is 15.1. The molecule has 1 saturated heterocycles. The van der Waals surface area contributed by atoms with Gasteiger partial charge in [-0.3, -0.25) is 4.79 Å². The highest BCUT2D eigenvalue weighted by Crippen LogP contribution is 2.31. The third-order valence-electron chi connectivity index (χ3n) is 5.13. The molecule has 0 bridgehead atoms. The topological polar surface area (TPSA) is 52.2 Å². The predicted octanol–water partition coefficient (Wildman–Crippen LogP) is 3.75. The SMILES string of the molecule is CCN(CC(=O)N1CCCC1c1nc2ccccc2[nH]1)c1ccccc1. The lowest BCUT2D eigenvalue weighted by molar-refractivity contribution is -0.130. The summed E-state index contributed by atoms with van der Waals surface area (Å²) in [4.78, 5) is 25.3. The summed E-state index contributed by atoms with van der Waals surface area (Å²) >= 11 is 0. The number of nitrogens with one attached hydrogen (secondary N) is 1. The van der Waals surface area contributed by atoms with E-state index in [1.54, 1.807) is 0 Å². The Morgan fingerprint density at radius 1 is 1.19 bits per heavy atom. The number of anilines is 1. The van der Waals surface area contributed by atoms with E-state index in [4.69, 9.17) is 4.98 Å². The molecule has 4 rings (SSSR count). The molecule has 5 nitrogen and oxygen atoms in total. The van der Waals surface area contributed by atoms with Gasteiger partial charge in [-0.05, 0) is 44.0 Å². The van der Waals surface area contributed by atoms with Crippen molar-refractivity contribution in [1.82, 2.24) is 14.9 Å². The van der Waals surface area contributed by atoms with Crippen LogP contribution in [0.2, 0.25) is 0 Å². The molecule has 5 heteroatoms. The van der Waals surface area contributed by atoms with E-state index < -0.39 is 0 Å². The van der Waals surface area contributed by atoms with Gasteiger partial charge in [0.15, 0.2) is 0 Å². The first-order valence-corrected chi connectivity index (χ1v) is 9.30. The first-order chi connectivity index (χ1) is 12.8. The number of imidazole rings is 1. The Bertz CT molecular complexity index is 856. The standard InChI is InChI=1S/C21H24N4O/c1-2-24(16-9-4-3-5-10-16)15-20(26)25-14-8-13-19(25)21-22-17-11-6-7-12-18(17)23-21/h3-7,9-12,19H,2,8,13-15H2,1H3,(H,22,23). The van der Waals surface area contributed by atoms with Gasteiger partial charge in [0.1, 0.15) is 5.82 Å². The molecule has 1 unspecified atom stereocenters. The molecule has 26 heavy (non-hydrogen) atoms. The Balaban J connectivity index is 1.53. The second kappa shape index (κ2) is 7.20. The molecule has 0 spiro atoms. The summed E-state index contributed by atoms with van der Waals surface area (Å²) in [6.45, 7) is 4.09. The summed E-state index contributed by atoms with van der Waals surface area (Å²) in [6, 6.07) is 18.2. The molecule has 1 fully saturated rings. The zero-order valence-electron chi connectivity index (χ0n) is 15.1. The third kappa shape index (κ3) is 3.17. The molecule has 1 aliphatic heterocycles. The fourth-order valence-corrected chi connectivity index (χ4v) is 3.76. The second-order valence-corrected chi connectivity index (χ2v) is 6.73. The zero-order chi connectivity index (χ0) is 17.9. The molecular weight excluding hydrogens is 324 g/mol. The van der Waals surface area contributed by atoms with Crippen molar-refractivity contribution in [2.75, 3.05) is 24.5 Å². The van der Waals surface area contributed by atoms with Crippen LogP contribution < -0.4 is 4.90 Å². The number of hydrogen-bond acceptors (Lipinski definition) is 3. The lowest BCUT2D eigenvalue weighted by Gasteiger charge is -2.28. The first-order valence-electron chi connectivity index (χ1n) is 9.30. The first kappa shape index (κ1) is 16.6. The van der Waals surface area contributed by atoms with Crippen molar-refractivity contribution in [2.45, 2.75) is 25.8 Å². The van der Waals surface area contributed by atoms with Gasteiger partial charge in [-0.15, -0.1) is 0 Å². The predicted molar refractivity (Wildman–Crippen MR) is 104 cm³/mol. The maximum absolute atomic E-state index is 13.0. The third-order valence-corrected chi connectivity index (χ3v) is 5.13. The summed E-state index contributed by atoms with van der Waals surface area (Å²) in [5, 5.41) is 0. The fraction of sp³-hybridized carbons (Fsp3) is 0.333. The van der Waals surface area contributed by atoms with Gasteiger partial charge < -0.3 is 14.8 Å². The number of benzene rings is 2. The molecule has 1 atom stereocenters. The van der Waals surface area contributed by atoms with E-state index in [0.29, 0.717) is 6.54 Å². The van der Waals surface area contributed by atoms with E-state index in [1.807, 2.05) is 47.4 Å². The minimum Gasteiger partial charge on any atom is -0.362 e. The van der Waals surface area contributed by atoms with Crippen LogP contribution in [0.4, 0.5) is 5.69 Å². The van der Waals surface area contributed by atoms with Crippen LogP contribution in [0.25, 0.3) is 11.0 Å². The van der Waals surface area contributed by atoms with E-state index in [2.05, 4.69) is 28.9 Å².